The third-order valence-corrected chi connectivity index (χ3v) is 8.37. The molecule has 4 N–H and O–H groups in total. The van der Waals surface area contributed by atoms with Crippen molar-refractivity contribution >= 4 is 16.3 Å². The van der Waals surface area contributed by atoms with Gasteiger partial charge in [0.2, 0.25) is 5.91 Å². The van der Waals surface area contributed by atoms with Gasteiger partial charge >= 0.3 is 10.4 Å². The molecule has 0 spiro atoms. The van der Waals surface area contributed by atoms with Gasteiger partial charge in [0.1, 0.15) is 6.10 Å². The minimum atomic E-state index is -4.74. The molecular formula is C34H67NO7S. The van der Waals surface area contributed by atoms with Crippen molar-refractivity contribution in [3.05, 3.63) is 12.2 Å². The van der Waals surface area contributed by atoms with E-state index < -0.39 is 41.2 Å². The number of aliphatic hydroxyl groups is 2. The lowest BCUT2D eigenvalue weighted by Gasteiger charge is -2.23. The van der Waals surface area contributed by atoms with E-state index in [0.717, 1.165) is 50.4 Å². The van der Waals surface area contributed by atoms with Gasteiger partial charge in [-0.3, -0.25) is 9.35 Å². The molecule has 1 amide bonds. The summed E-state index contributed by atoms with van der Waals surface area (Å²) < 4.78 is 35.5. The predicted octanol–water partition coefficient (Wildman–Crippen LogP) is 8.07. The van der Waals surface area contributed by atoms with E-state index in [1.165, 1.54) is 89.5 Å². The highest BCUT2D eigenvalue weighted by Gasteiger charge is 2.25. The van der Waals surface area contributed by atoms with Gasteiger partial charge in [-0.1, -0.05) is 155 Å². The van der Waals surface area contributed by atoms with Crippen molar-refractivity contribution < 1.29 is 32.2 Å². The van der Waals surface area contributed by atoms with Crippen molar-refractivity contribution in [2.45, 2.75) is 181 Å². The largest absolute Gasteiger partial charge is 0.397 e. The minimum absolute atomic E-state index is 0.288. The summed E-state index contributed by atoms with van der Waals surface area (Å²) in [6.07, 6.45) is 24.4. The second kappa shape index (κ2) is 27.3. The Hall–Kier alpha value is -1.00. The lowest BCUT2D eigenvalue weighted by atomic mass is 10.0. The highest BCUT2D eigenvalue weighted by atomic mass is 32.3. The molecule has 3 unspecified atom stereocenters. The fourth-order valence-corrected chi connectivity index (χ4v) is 5.49. The summed E-state index contributed by atoms with van der Waals surface area (Å²) in [6, 6.07) is -1.13. The van der Waals surface area contributed by atoms with Crippen molar-refractivity contribution in [2.24, 2.45) is 11.8 Å². The van der Waals surface area contributed by atoms with E-state index in [1.807, 2.05) is 6.08 Å². The molecule has 9 heteroatoms. The molecular weight excluding hydrogens is 566 g/mol. The molecule has 43 heavy (non-hydrogen) atoms. The number of aliphatic hydroxyl groups excluding tert-OH is 2. The maximum Gasteiger partial charge on any atom is 0.397 e. The molecule has 0 bridgehead atoms. The standard InChI is InChI=1S/C34H67NO7S/c1-29(2)24-20-16-12-8-6-5-7-9-14-18-22-26-32(36)31(28-42-43(39,40)41)35-34(38)33(37)27-23-19-15-11-10-13-17-21-25-30(3)4/h22,26,29-33,36-37H,5-21,23-25,27-28H2,1-4H3,(H,35,38)(H,39,40,41)/b26-22+. The number of unbranched alkanes of at least 4 members (excludes halogenated alkanes) is 16. The van der Waals surface area contributed by atoms with E-state index in [2.05, 4.69) is 37.2 Å². The van der Waals surface area contributed by atoms with Gasteiger partial charge in [0.05, 0.1) is 18.8 Å². The molecule has 0 aliphatic carbocycles. The molecule has 0 aromatic heterocycles. The smallest absolute Gasteiger partial charge is 0.387 e. The van der Waals surface area contributed by atoms with Gasteiger partial charge in [-0.2, -0.15) is 8.42 Å². The summed E-state index contributed by atoms with van der Waals surface area (Å²) in [5.74, 6) is 0.870. The first-order valence-electron chi connectivity index (χ1n) is 17.4. The van der Waals surface area contributed by atoms with Gasteiger partial charge < -0.3 is 15.5 Å². The number of allylic oxidation sites excluding steroid dienone is 1. The van der Waals surface area contributed by atoms with Crippen LogP contribution in [0.4, 0.5) is 0 Å². The zero-order valence-electron chi connectivity index (χ0n) is 28.0. The number of carbonyl (C=O) groups excluding carboxylic acids is 1. The molecule has 0 radical (unpaired) electrons. The zero-order valence-corrected chi connectivity index (χ0v) is 28.8. The van der Waals surface area contributed by atoms with Crippen molar-refractivity contribution in [2.75, 3.05) is 6.61 Å². The van der Waals surface area contributed by atoms with Gasteiger partial charge in [0, 0.05) is 0 Å². The van der Waals surface area contributed by atoms with Crippen LogP contribution in [0.1, 0.15) is 163 Å². The first-order valence-corrected chi connectivity index (χ1v) is 18.7. The van der Waals surface area contributed by atoms with Gasteiger partial charge in [0.25, 0.3) is 0 Å². The average molecular weight is 634 g/mol. The van der Waals surface area contributed by atoms with Crippen LogP contribution in [0.15, 0.2) is 12.2 Å². The molecule has 0 saturated carbocycles. The van der Waals surface area contributed by atoms with Crippen molar-refractivity contribution in [3.63, 3.8) is 0 Å². The van der Waals surface area contributed by atoms with Crippen LogP contribution in [0.2, 0.25) is 0 Å². The normalized spacial score (nSPS) is 14.5. The van der Waals surface area contributed by atoms with Gasteiger partial charge in [-0.05, 0) is 31.1 Å². The summed E-state index contributed by atoms with van der Waals surface area (Å²) in [4.78, 5) is 12.5. The molecule has 8 nitrogen and oxygen atoms in total. The molecule has 0 aliphatic heterocycles. The highest BCUT2D eigenvalue weighted by Crippen LogP contribution is 2.15. The Balaban J connectivity index is 4.25. The molecule has 0 aromatic carbocycles. The predicted molar refractivity (Wildman–Crippen MR) is 177 cm³/mol. The number of hydrogen-bond acceptors (Lipinski definition) is 6. The third-order valence-electron chi connectivity index (χ3n) is 7.93. The number of nitrogens with one attached hydrogen (secondary N) is 1. The van der Waals surface area contributed by atoms with Crippen LogP contribution in [-0.4, -0.2) is 53.9 Å². The summed E-state index contributed by atoms with van der Waals surface area (Å²) in [5.41, 5.74) is 0. The van der Waals surface area contributed by atoms with Gasteiger partial charge in [0.15, 0.2) is 0 Å². The quantitative estimate of drug-likeness (QED) is 0.0357. The number of carbonyl (C=O) groups is 1. The maximum atomic E-state index is 12.5. The first kappa shape index (κ1) is 42.0. The number of amides is 1. The summed E-state index contributed by atoms with van der Waals surface area (Å²) in [6.45, 7) is 8.41. The molecule has 0 rings (SSSR count). The Morgan fingerprint density at radius 2 is 1.07 bits per heavy atom. The summed E-state index contributed by atoms with van der Waals surface area (Å²) in [5, 5.41) is 23.4. The van der Waals surface area contributed by atoms with E-state index in [0.29, 0.717) is 6.42 Å². The van der Waals surface area contributed by atoms with E-state index in [-0.39, 0.29) is 6.42 Å². The second-order valence-electron chi connectivity index (χ2n) is 13.2. The van der Waals surface area contributed by atoms with Crippen LogP contribution in [0.25, 0.3) is 0 Å². The molecule has 0 aromatic rings. The van der Waals surface area contributed by atoms with E-state index >= 15 is 0 Å². The van der Waals surface area contributed by atoms with Crippen molar-refractivity contribution in [3.8, 4) is 0 Å². The fraction of sp³-hybridized carbons (Fsp3) is 0.912. The SMILES string of the molecule is CC(C)CCCCCCCCCCC/C=C/C(O)C(COS(=O)(=O)O)NC(=O)C(O)CCCCCCCCCCC(C)C. The lowest BCUT2D eigenvalue weighted by Crippen LogP contribution is -2.49. The first-order chi connectivity index (χ1) is 20.4. The third kappa shape index (κ3) is 29.5. The van der Waals surface area contributed by atoms with E-state index in [1.54, 1.807) is 0 Å². The number of hydrogen-bond donors (Lipinski definition) is 4. The lowest BCUT2D eigenvalue weighted by molar-refractivity contribution is -0.131. The molecule has 3 atom stereocenters. The molecule has 0 heterocycles. The van der Waals surface area contributed by atoms with Crippen LogP contribution in [-0.2, 0) is 19.4 Å². The molecule has 0 fully saturated rings. The molecule has 0 aliphatic rings. The van der Waals surface area contributed by atoms with E-state index in [4.69, 9.17) is 4.55 Å². The molecule has 256 valence electrons. The number of rotatable bonds is 30. The van der Waals surface area contributed by atoms with Gasteiger partial charge in [-0.15, -0.1) is 0 Å². The summed E-state index contributed by atoms with van der Waals surface area (Å²) >= 11 is 0. The zero-order chi connectivity index (χ0) is 32.3. The minimum Gasteiger partial charge on any atom is -0.387 e. The van der Waals surface area contributed by atoms with E-state index in [9.17, 15) is 23.4 Å². The Morgan fingerprint density at radius 3 is 1.49 bits per heavy atom. The molecule has 0 saturated heterocycles. The van der Waals surface area contributed by atoms with Crippen LogP contribution < -0.4 is 5.32 Å². The second-order valence-corrected chi connectivity index (χ2v) is 14.3. The fourth-order valence-electron chi connectivity index (χ4n) is 5.17. The maximum absolute atomic E-state index is 12.5. The Kier molecular flexibility index (Phi) is 26.7. The monoisotopic (exact) mass is 633 g/mol. The topological polar surface area (TPSA) is 133 Å². The van der Waals surface area contributed by atoms with Crippen LogP contribution in [0, 0.1) is 11.8 Å². The van der Waals surface area contributed by atoms with Crippen LogP contribution in [0.5, 0.6) is 0 Å². The van der Waals surface area contributed by atoms with Crippen molar-refractivity contribution in [1.82, 2.24) is 5.32 Å². The van der Waals surface area contributed by atoms with Crippen LogP contribution in [0.3, 0.4) is 0 Å². The highest BCUT2D eigenvalue weighted by molar-refractivity contribution is 7.80. The Bertz CT molecular complexity index is 786. The van der Waals surface area contributed by atoms with Gasteiger partial charge in [-0.25, -0.2) is 4.18 Å². The van der Waals surface area contributed by atoms with Crippen molar-refractivity contribution in [1.29, 1.82) is 0 Å². The average Bonchev–Trinajstić information content (AvgIpc) is 2.93. The Labute approximate surface area is 264 Å². The summed E-state index contributed by atoms with van der Waals surface area (Å²) in [7, 11) is -4.74. The Morgan fingerprint density at radius 1 is 0.674 bits per heavy atom. The van der Waals surface area contributed by atoms with Crippen LogP contribution >= 0.6 is 0 Å².